The van der Waals surface area contributed by atoms with Crippen LogP contribution in [-0.2, 0) is 6.54 Å². The first-order chi connectivity index (χ1) is 14.2. The van der Waals surface area contributed by atoms with Crippen molar-refractivity contribution < 1.29 is 9.47 Å². The maximum atomic E-state index is 5.57. The topological polar surface area (TPSA) is 37.8 Å². The van der Waals surface area contributed by atoms with Crippen molar-refractivity contribution in [3.05, 3.63) is 59.1 Å². The standard InChI is InChI=1S/C23H27N3O2S/c1-17-7-4-5-9-20(17)26-13-11-25(12-14-26)15-18-16-29-23(24-18)19-8-6-10-21(27-2)22(19)28-3/h4-10,16H,11-15H2,1-3H3. The molecule has 0 bridgehead atoms. The summed E-state index contributed by atoms with van der Waals surface area (Å²) >= 11 is 1.66. The van der Waals surface area contributed by atoms with E-state index in [4.69, 9.17) is 14.5 Å². The van der Waals surface area contributed by atoms with Crippen LogP contribution >= 0.6 is 11.3 Å². The Kier molecular flexibility index (Phi) is 6.02. The van der Waals surface area contributed by atoms with E-state index in [1.807, 2.05) is 18.2 Å². The number of rotatable bonds is 6. The highest BCUT2D eigenvalue weighted by atomic mass is 32.1. The number of piperazine rings is 1. The SMILES string of the molecule is COc1cccc(-c2nc(CN3CCN(c4ccccc4C)CC3)cs2)c1OC. The van der Waals surface area contributed by atoms with Crippen LogP contribution in [0, 0.1) is 6.92 Å². The fraction of sp³-hybridized carbons (Fsp3) is 0.348. The zero-order chi connectivity index (χ0) is 20.2. The van der Waals surface area contributed by atoms with E-state index in [-0.39, 0.29) is 0 Å². The monoisotopic (exact) mass is 409 g/mol. The minimum absolute atomic E-state index is 0.731. The van der Waals surface area contributed by atoms with Crippen molar-refractivity contribution in [1.82, 2.24) is 9.88 Å². The van der Waals surface area contributed by atoms with Gasteiger partial charge in [0.2, 0.25) is 0 Å². The molecule has 0 unspecified atom stereocenters. The molecule has 3 aromatic rings. The van der Waals surface area contributed by atoms with Gasteiger partial charge in [-0.2, -0.15) is 0 Å². The zero-order valence-corrected chi connectivity index (χ0v) is 18.0. The van der Waals surface area contributed by atoms with Gasteiger partial charge in [-0.3, -0.25) is 4.90 Å². The van der Waals surface area contributed by atoms with Gasteiger partial charge in [0.15, 0.2) is 11.5 Å². The molecule has 1 fully saturated rings. The van der Waals surface area contributed by atoms with E-state index in [0.717, 1.165) is 60.5 Å². The third-order valence-electron chi connectivity index (χ3n) is 5.40. The molecule has 0 N–H and O–H groups in total. The Bertz CT molecular complexity index is 964. The van der Waals surface area contributed by atoms with E-state index in [1.165, 1.54) is 11.3 Å². The molecule has 0 spiro atoms. The highest BCUT2D eigenvalue weighted by Crippen LogP contribution is 2.39. The summed E-state index contributed by atoms with van der Waals surface area (Å²) in [6.07, 6.45) is 0. The Morgan fingerprint density at radius 2 is 1.76 bits per heavy atom. The Balaban J connectivity index is 1.41. The molecule has 1 aromatic heterocycles. The zero-order valence-electron chi connectivity index (χ0n) is 17.2. The van der Waals surface area contributed by atoms with Gasteiger partial charge in [0.1, 0.15) is 5.01 Å². The van der Waals surface area contributed by atoms with E-state index in [1.54, 1.807) is 25.6 Å². The molecule has 0 amide bonds. The molecule has 6 heteroatoms. The first-order valence-electron chi connectivity index (χ1n) is 9.88. The molecule has 0 radical (unpaired) electrons. The third kappa shape index (κ3) is 4.23. The van der Waals surface area contributed by atoms with Crippen LogP contribution < -0.4 is 14.4 Å². The number of anilines is 1. The number of ether oxygens (including phenoxy) is 2. The lowest BCUT2D eigenvalue weighted by Crippen LogP contribution is -2.46. The normalized spacial score (nSPS) is 14.8. The highest BCUT2D eigenvalue weighted by molar-refractivity contribution is 7.13. The number of benzene rings is 2. The fourth-order valence-corrected chi connectivity index (χ4v) is 4.69. The second kappa shape index (κ2) is 8.84. The average molecular weight is 410 g/mol. The number of aryl methyl sites for hydroxylation is 1. The molecule has 1 saturated heterocycles. The van der Waals surface area contributed by atoms with Crippen molar-refractivity contribution in [2.45, 2.75) is 13.5 Å². The Morgan fingerprint density at radius 3 is 2.48 bits per heavy atom. The molecule has 1 aliphatic heterocycles. The molecule has 0 saturated carbocycles. The van der Waals surface area contributed by atoms with Gasteiger partial charge in [-0.25, -0.2) is 4.98 Å². The summed E-state index contributed by atoms with van der Waals surface area (Å²) in [6.45, 7) is 7.25. The van der Waals surface area contributed by atoms with Crippen LogP contribution in [-0.4, -0.2) is 50.3 Å². The summed E-state index contributed by atoms with van der Waals surface area (Å²) in [4.78, 5) is 9.85. The number of thiazole rings is 1. The summed E-state index contributed by atoms with van der Waals surface area (Å²) in [5.74, 6) is 1.47. The lowest BCUT2D eigenvalue weighted by atomic mass is 10.1. The van der Waals surface area contributed by atoms with Crippen LogP contribution in [0.3, 0.4) is 0 Å². The van der Waals surface area contributed by atoms with Gasteiger partial charge < -0.3 is 14.4 Å². The second-order valence-electron chi connectivity index (χ2n) is 7.23. The summed E-state index contributed by atoms with van der Waals surface area (Å²) in [5.41, 5.74) is 4.79. The van der Waals surface area contributed by atoms with E-state index in [9.17, 15) is 0 Å². The van der Waals surface area contributed by atoms with Gasteiger partial charge in [-0.05, 0) is 30.7 Å². The van der Waals surface area contributed by atoms with E-state index in [0.29, 0.717) is 0 Å². The number of methoxy groups -OCH3 is 2. The molecule has 2 aromatic carbocycles. The summed E-state index contributed by atoms with van der Waals surface area (Å²) in [6, 6.07) is 14.5. The summed E-state index contributed by atoms with van der Waals surface area (Å²) in [7, 11) is 3.33. The van der Waals surface area contributed by atoms with Crippen molar-refractivity contribution in [3.8, 4) is 22.1 Å². The largest absolute Gasteiger partial charge is 0.493 e. The summed E-state index contributed by atoms with van der Waals surface area (Å²) in [5, 5.41) is 3.12. The maximum absolute atomic E-state index is 5.57. The Hall–Kier alpha value is -2.57. The van der Waals surface area contributed by atoms with Crippen molar-refractivity contribution in [2.75, 3.05) is 45.3 Å². The van der Waals surface area contributed by atoms with Gasteiger partial charge in [0.25, 0.3) is 0 Å². The molecule has 1 aliphatic rings. The quantitative estimate of drug-likeness (QED) is 0.601. The highest BCUT2D eigenvalue weighted by Gasteiger charge is 2.20. The molecule has 2 heterocycles. The Labute approximate surface area is 176 Å². The number of para-hydroxylation sites is 2. The van der Waals surface area contributed by atoms with Gasteiger partial charge in [0.05, 0.1) is 25.5 Å². The van der Waals surface area contributed by atoms with Crippen LogP contribution in [0.4, 0.5) is 5.69 Å². The van der Waals surface area contributed by atoms with E-state index >= 15 is 0 Å². The maximum Gasteiger partial charge on any atom is 0.170 e. The fourth-order valence-electron chi connectivity index (χ4n) is 3.85. The average Bonchev–Trinajstić information content (AvgIpc) is 3.22. The Morgan fingerprint density at radius 1 is 0.966 bits per heavy atom. The third-order valence-corrected chi connectivity index (χ3v) is 6.32. The van der Waals surface area contributed by atoms with Crippen LogP contribution in [0.2, 0.25) is 0 Å². The van der Waals surface area contributed by atoms with Crippen LogP contribution in [0.5, 0.6) is 11.5 Å². The van der Waals surface area contributed by atoms with Crippen molar-refractivity contribution in [2.24, 2.45) is 0 Å². The predicted molar refractivity (Wildman–Crippen MR) is 119 cm³/mol. The lowest BCUT2D eigenvalue weighted by molar-refractivity contribution is 0.247. The molecule has 0 aliphatic carbocycles. The minimum Gasteiger partial charge on any atom is -0.493 e. The second-order valence-corrected chi connectivity index (χ2v) is 8.09. The molecule has 5 nitrogen and oxygen atoms in total. The van der Waals surface area contributed by atoms with Gasteiger partial charge in [-0.1, -0.05) is 24.3 Å². The van der Waals surface area contributed by atoms with Crippen molar-refractivity contribution >= 4 is 17.0 Å². The van der Waals surface area contributed by atoms with Gasteiger partial charge in [-0.15, -0.1) is 11.3 Å². The molecule has 4 rings (SSSR count). The van der Waals surface area contributed by atoms with Gasteiger partial charge >= 0.3 is 0 Å². The van der Waals surface area contributed by atoms with Crippen LogP contribution in [0.25, 0.3) is 10.6 Å². The van der Waals surface area contributed by atoms with Gasteiger partial charge in [0, 0.05) is 43.8 Å². The van der Waals surface area contributed by atoms with Crippen LogP contribution in [0.1, 0.15) is 11.3 Å². The van der Waals surface area contributed by atoms with Crippen LogP contribution in [0.15, 0.2) is 47.8 Å². The molecular formula is C23H27N3O2S. The lowest BCUT2D eigenvalue weighted by Gasteiger charge is -2.36. The molecule has 29 heavy (non-hydrogen) atoms. The smallest absolute Gasteiger partial charge is 0.170 e. The van der Waals surface area contributed by atoms with Crippen molar-refractivity contribution in [1.29, 1.82) is 0 Å². The number of aromatic nitrogens is 1. The molecular weight excluding hydrogens is 382 g/mol. The molecule has 152 valence electrons. The van der Waals surface area contributed by atoms with E-state index in [2.05, 4.69) is 46.4 Å². The van der Waals surface area contributed by atoms with E-state index < -0.39 is 0 Å². The first-order valence-corrected chi connectivity index (χ1v) is 10.8. The minimum atomic E-state index is 0.731. The first kappa shape index (κ1) is 19.7. The number of hydrogen-bond donors (Lipinski definition) is 0. The summed E-state index contributed by atoms with van der Waals surface area (Å²) < 4.78 is 11.0. The molecule has 0 atom stereocenters. The predicted octanol–water partition coefficient (Wildman–Crippen LogP) is 4.46. The number of hydrogen-bond acceptors (Lipinski definition) is 6. The van der Waals surface area contributed by atoms with Crippen molar-refractivity contribution in [3.63, 3.8) is 0 Å². The number of nitrogens with zero attached hydrogens (tertiary/aromatic N) is 3.